The van der Waals surface area contributed by atoms with E-state index in [1.165, 1.54) is 31.3 Å². The molecule has 4 nitrogen and oxygen atoms in total. The Bertz CT molecular complexity index is 622. The van der Waals surface area contributed by atoms with Gasteiger partial charge in [0, 0.05) is 26.1 Å². The predicted octanol–water partition coefficient (Wildman–Crippen LogP) is 4.65. The molecule has 0 bridgehead atoms. The van der Waals surface area contributed by atoms with Crippen molar-refractivity contribution in [3.8, 4) is 0 Å². The molecule has 4 unspecified atom stereocenters. The Balaban J connectivity index is 1.52. The second-order valence-electron chi connectivity index (χ2n) is 10.1. The summed E-state index contributed by atoms with van der Waals surface area (Å²) in [4.78, 5) is 12.0. The monoisotopic (exact) mass is 390 g/mol. The maximum Gasteiger partial charge on any atom is 0.160 e. The summed E-state index contributed by atoms with van der Waals surface area (Å²) in [7, 11) is 0. The zero-order valence-corrected chi connectivity index (χ0v) is 17.9. The molecule has 158 valence electrons. The van der Waals surface area contributed by atoms with Crippen LogP contribution in [0, 0.1) is 28.6 Å². The second kappa shape index (κ2) is 7.85. The van der Waals surface area contributed by atoms with Crippen LogP contribution in [0.25, 0.3) is 0 Å². The summed E-state index contributed by atoms with van der Waals surface area (Å²) < 4.78 is 12.2. The standard InChI is InChI=1S/C24H38O4/c1-4-27-22(11-14-25)28-21-8-7-19-18-6-5-16-15-17(26)9-12-23(16,2)20(18)10-13-24(19,21)3/h15,18-22,25H,4-14H2,1-3H3/t18?,19?,20?,21-,22?,23-,24-/m0/s1. The first kappa shape index (κ1) is 20.6. The van der Waals surface area contributed by atoms with Crippen LogP contribution >= 0.6 is 0 Å². The van der Waals surface area contributed by atoms with Crippen molar-refractivity contribution in [3.05, 3.63) is 11.6 Å². The van der Waals surface area contributed by atoms with Crippen LogP contribution in [-0.2, 0) is 14.3 Å². The highest BCUT2D eigenvalue weighted by Crippen LogP contribution is 2.65. The third kappa shape index (κ3) is 3.30. The lowest BCUT2D eigenvalue weighted by Crippen LogP contribution is -2.52. The van der Waals surface area contributed by atoms with Crippen molar-refractivity contribution in [3.63, 3.8) is 0 Å². The Morgan fingerprint density at radius 2 is 1.96 bits per heavy atom. The third-order valence-electron chi connectivity index (χ3n) is 8.91. The van der Waals surface area contributed by atoms with Crippen LogP contribution < -0.4 is 0 Å². The van der Waals surface area contributed by atoms with Crippen LogP contribution in [0.1, 0.15) is 78.6 Å². The number of carbonyl (C=O) groups excluding carboxylic acids is 1. The lowest BCUT2D eigenvalue weighted by molar-refractivity contribution is -0.206. The molecule has 0 spiro atoms. The van der Waals surface area contributed by atoms with E-state index in [-0.39, 0.29) is 29.8 Å². The number of ketones is 1. The number of rotatable bonds is 6. The summed E-state index contributed by atoms with van der Waals surface area (Å²) >= 11 is 0. The number of hydrogen-bond donors (Lipinski definition) is 1. The Morgan fingerprint density at radius 1 is 1.14 bits per heavy atom. The van der Waals surface area contributed by atoms with Gasteiger partial charge >= 0.3 is 0 Å². The lowest BCUT2D eigenvalue weighted by atomic mass is 9.47. The number of hydrogen-bond acceptors (Lipinski definition) is 4. The highest BCUT2D eigenvalue weighted by molar-refractivity contribution is 5.91. The van der Waals surface area contributed by atoms with Gasteiger partial charge in [0.05, 0.1) is 6.10 Å². The Labute approximate surface area is 170 Å². The second-order valence-corrected chi connectivity index (χ2v) is 10.1. The topological polar surface area (TPSA) is 55.8 Å². The molecular weight excluding hydrogens is 352 g/mol. The van der Waals surface area contributed by atoms with Crippen molar-refractivity contribution < 1.29 is 19.4 Å². The number of allylic oxidation sites excluding steroid dienone is 1. The Hall–Kier alpha value is -0.710. The average Bonchev–Trinajstić information content (AvgIpc) is 2.99. The molecule has 0 radical (unpaired) electrons. The maximum atomic E-state index is 12.0. The highest BCUT2D eigenvalue weighted by Gasteiger charge is 2.59. The van der Waals surface area contributed by atoms with E-state index in [9.17, 15) is 9.90 Å². The third-order valence-corrected chi connectivity index (χ3v) is 8.91. The molecule has 3 saturated carbocycles. The zero-order valence-electron chi connectivity index (χ0n) is 17.9. The summed E-state index contributed by atoms with van der Waals surface area (Å²) in [6.07, 6.45) is 11.4. The van der Waals surface area contributed by atoms with Crippen molar-refractivity contribution in [1.82, 2.24) is 0 Å². The minimum absolute atomic E-state index is 0.106. The summed E-state index contributed by atoms with van der Waals surface area (Å²) in [5, 5.41) is 9.36. The molecule has 0 aromatic rings. The van der Waals surface area contributed by atoms with Gasteiger partial charge in [-0.25, -0.2) is 0 Å². The minimum atomic E-state index is -0.281. The van der Waals surface area contributed by atoms with E-state index in [0.717, 1.165) is 37.5 Å². The van der Waals surface area contributed by atoms with E-state index in [4.69, 9.17) is 9.47 Å². The molecule has 0 heterocycles. The van der Waals surface area contributed by atoms with Gasteiger partial charge in [0.2, 0.25) is 0 Å². The summed E-state index contributed by atoms with van der Waals surface area (Å²) in [5.74, 6) is 2.53. The summed E-state index contributed by atoms with van der Waals surface area (Å²) in [6.45, 7) is 7.61. The van der Waals surface area contributed by atoms with Crippen molar-refractivity contribution >= 4 is 5.78 Å². The molecule has 0 aliphatic heterocycles. The maximum absolute atomic E-state index is 12.0. The van der Waals surface area contributed by atoms with E-state index in [0.29, 0.717) is 24.7 Å². The molecule has 4 aliphatic rings. The van der Waals surface area contributed by atoms with Crippen LogP contribution in [0.3, 0.4) is 0 Å². The van der Waals surface area contributed by atoms with Gasteiger partial charge in [-0.3, -0.25) is 4.79 Å². The van der Waals surface area contributed by atoms with Crippen LogP contribution in [-0.4, -0.2) is 36.5 Å². The van der Waals surface area contributed by atoms with Gasteiger partial charge in [-0.1, -0.05) is 19.4 Å². The molecule has 7 atom stereocenters. The van der Waals surface area contributed by atoms with Gasteiger partial charge < -0.3 is 14.6 Å². The minimum Gasteiger partial charge on any atom is -0.396 e. The number of ether oxygens (including phenoxy) is 2. The smallest absolute Gasteiger partial charge is 0.160 e. The van der Waals surface area contributed by atoms with E-state index in [1.54, 1.807) is 0 Å². The predicted molar refractivity (Wildman–Crippen MR) is 109 cm³/mol. The van der Waals surface area contributed by atoms with E-state index in [1.807, 2.05) is 13.0 Å². The normalized spacial score (nSPS) is 43.7. The molecule has 4 aliphatic carbocycles. The van der Waals surface area contributed by atoms with Crippen LogP contribution in [0.4, 0.5) is 0 Å². The van der Waals surface area contributed by atoms with E-state index in [2.05, 4.69) is 13.8 Å². The molecule has 4 heteroatoms. The molecule has 3 fully saturated rings. The van der Waals surface area contributed by atoms with Crippen LogP contribution in [0.15, 0.2) is 11.6 Å². The van der Waals surface area contributed by atoms with Crippen molar-refractivity contribution in [1.29, 1.82) is 0 Å². The summed E-state index contributed by atoms with van der Waals surface area (Å²) in [6, 6.07) is 0. The first-order valence-electron chi connectivity index (χ1n) is 11.5. The van der Waals surface area contributed by atoms with E-state index >= 15 is 0 Å². The number of fused-ring (bicyclic) bond motifs is 5. The molecule has 1 N–H and O–H groups in total. The van der Waals surface area contributed by atoms with Gasteiger partial charge in [-0.05, 0) is 86.5 Å². The fourth-order valence-electron chi connectivity index (χ4n) is 7.40. The fourth-order valence-corrected chi connectivity index (χ4v) is 7.40. The van der Waals surface area contributed by atoms with Crippen LogP contribution in [0.5, 0.6) is 0 Å². The SMILES string of the molecule is CCOC(CCO)O[C@H]1CCC2C3CCC4=CC(=O)CC[C@]4(C)C3CC[C@@]21C. The van der Waals surface area contributed by atoms with Gasteiger partial charge in [0.15, 0.2) is 12.1 Å². The van der Waals surface area contributed by atoms with Gasteiger partial charge in [-0.15, -0.1) is 0 Å². The van der Waals surface area contributed by atoms with Crippen molar-refractivity contribution in [2.45, 2.75) is 91.0 Å². The molecule has 0 saturated heterocycles. The number of aliphatic hydroxyl groups is 1. The zero-order chi connectivity index (χ0) is 19.9. The molecular formula is C24H38O4. The molecule has 0 aromatic heterocycles. The van der Waals surface area contributed by atoms with Crippen molar-refractivity contribution in [2.75, 3.05) is 13.2 Å². The Kier molecular flexibility index (Phi) is 5.76. The largest absolute Gasteiger partial charge is 0.396 e. The quantitative estimate of drug-likeness (QED) is 0.671. The molecule has 4 rings (SSSR count). The van der Waals surface area contributed by atoms with Gasteiger partial charge in [-0.2, -0.15) is 0 Å². The number of carbonyl (C=O) groups is 1. The average molecular weight is 391 g/mol. The van der Waals surface area contributed by atoms with Gasteiger partial charge in [0.1, 0.15) is 0 Å². The van der Waals surface area contributed by atoms with E-state index < -0.39 is 0 Å². The number of aliphatic hydroxyl groups excluding tert-OH is 1. The first-order valence-corrected chi connectivity index (χ1v) is 11.5. The lowest BCUT2D eigenvalue weighted by Gasteiger charge is -2.58. The molecule has 0 aromatic carbocycles. The van der Waals surface area contributed by atoms with Crippen LogP contribution in [0.2, 0.25) is 0 Å². The molecule has 28 heavy (non-hydrogen) atoms. The molecule has 0 amide bonds. The summed E-state index contributed by atoms with van der Waals surface area (Å²) in [5.41, 5.74) is 1.90. The van der Waals surface area contributed by atoms with Crippen molar-refractivity contribution in [2.24, 2.45) is 28.6 Å². The highest BCUT2D eigenvalue weighted by atomic mass is 16.7. The fraction of sp³-hybridized carbons (Fsp3) is 0.875. The Morgan fingerprint density at radius 3 is 2.71 bits per heavy atom. The first-order chi connectivity index (χ1) is 13.4. The van der Waals surface area contributed by atoms with Gasteiger partial charge in [0.25, 0.3) is 0 Å².